The molecule has 1 amide bonds. The van der Waals surface area contributed by atoms with Gasteiger partial charge in [-0.1, -0.05) is 24.3 Å². The van der Waals surface area contributed by atoms with Crippen LogP contribution in [0.15, 0.2) is 60.7 Å². The van der Waals surface area contributed by atoms with Crippen molar-refractivity contribution in [1.29, 1.82) is 0 Å². The number of methoxy groups -OCH3 is 2. The van der Waals surface area contributed by atoms with Gasteiger partial charge >= 0.3 is 0 Å². The normalized spacial score (nSPS) is 13.6. The average molecular weight is 434 g/mol. The number of carbonyl (C=O) groups excluding carboxylic acids is 1. The van der Waals surface area contributed by atoms with Crippen molar-refractivity contribution < 1.29 is 19.0 Å². The minimum Gasteiger partial charge on any atom is -0.493 e. The molecule has 0 radical (unpaired) electrons. The predicted octanol–water partition coefficient (Wildman–Crippen LogP) is 3.18. The maximum absolute atomic E-state index is 12.8. The van der Waals surface area contributed by atoms with E-state index in [0.29, 0.717) is 50.0 Å². The Bertz CT molecular complexity index is 1040. The van der Waals surface area contributed by atoms with E-state index in [-0.39, 0.29) is 5.91 Å². The van der Waals surface area contributed by atoms with E-state index >= 15 is 0 Å². The quantitative estimate of drug-likeness (QED) is 0.565. The fourth-order valence-electron chi connectivity index (χ4n) is 3.61. The second-order valence-electron chi connectivity index (χ2n) is 7.38. The Labute approximate surface area is 187 Å². The summed E-state index contributed by atoms with van der Waals surface area (Å²) in [6.07, 6.45) is 0.325. The summed E-state index contributed by atoms with van der Waals surface area (Å²) in [6.45, 7) is 2.67. The first-order valence-corrected chi connectivity index (χ1v) is 10.5. The number of amides is 1. The number of carbonyl (C=O) groups is 1. The summed E-state index contributed by atoms with van der Waals surface area (Å²) in [5.74, 6) is 3.31. The lowest BCUT2D eigenvalue weighted by molar-refractivity contribution is -0.130. The minimum absolute atomic E-state index is 0.0922. The summed E-state index contributed by atoms with van der Waals surface area (Å²) in [5.41, 5.74) is 0.898. The number of hydrogen-bond donors (Lipinski definition) is 0. The molecule has 0 N–H and O–H groups in total. The molecule has 1 aliphatic rings. The SMILES string of the molecule is COc1ccc(CC(=O)N2CCN(c3ccc(Oc4ccccc4)nn3)CC2)cc1OC. The lowest BCUT2D eigenvalue weighted by Gasteiger charge is -2.35. The third kappa shape index (κ3) is 5.08. The molecule has 0 saturated carbocycles. The predicted molar refractivity (Wildman–Crippen MR) is 121 cm³/mol. The number of ether oxygens (including phenoxy) is 3. The van der Waals surface area contributed by atoms with Crippen LogP contribution in [0.1, 0.15) is 5.56 Å². The number of anilines is 1. The molecule has 8 heteroatoms. The average Bonchev–Trinajstić information content (AvgIpc) is 2.85. The van der Waals surface area contributed by atoms with Crippen molar-refractivity contribution in [3.63, 3.8) is 0 Å². The highest BCUT2D eigenvalue weighted by Gasteiger charge is 2.22. The standard InChI is InChI=1S/C24H26N4O4/c1-30-20-9-8-18(16-21(20)31-2)17-24(29)28-14-12-27(13-15-28)22-10-11-23(26-25-22)32-19-6-4-3-5-7-19/h3-11,16H,12-15,17H2,1-2H3. The van der Waals surface area contributed by atoms with Gasteiger partial charge in [0, 0.05) is 32.2 Å². The van der Waals surface area contributed by atoms with Crippen LogP contribution < -0.4 is 19.1 Å². The van der Waals surface area contributed by atoms with Gasteiger partial charge in [-0.3, -0.25) is 4.79 Å². The Balaban J connectivity index is 1.30. The highest BCUT2D eigenvalue weighted by Crippen LogP contribution is 2.28. The van der Waals surface area contributed by atoms with Crippen LogP contribution in [-0.4, -0.2) is 61.4 Å². The van der Waals surface area contributed by atoms with E-state index in [1.54, 1.807) is 14.2 Å². The van der Waals surface area contributed by atoms with Crippen LogP contribution in [0.2, 0.25) is 0 Å². The molecular weight excluding hydrogens is 408 g/mol. The second-order valence-corrected chi connectivity index (χ2v) is 7.38. The van der Waals surface area contributed by atoms with Gasteiger partial charge in [-0.15, -0.1) is 10.2 Å². The number of piperazine rings is 1. The monoisotopic (exact) mass is 434 g/mol. The van der Waals surface area contributed by atoms with Gasteiger partial charge in [0.1, 0.15) is 5.75 Å². The summed E-state index contributed by atoms with van der Waals surface area (Å²) >= 11 is 0. The van der Waals surface area contributed by atoms with Crippen molar-refractivity contribution in [2.24, 2.45) is 0 Å². The first kappa shape index (κ1) is 21.4. The maximum Gasteiger partial charge on any atom is 0.238 e. The van der Waals surface area contributed by atoms with Crippen LogP contribution in [0.25, 0.3) is 0 Å². The Morgan fingerprint density at radius 1 is 0.875 bits per heavy atom. The molecule has 1 fully saturated rings. The van der Waals surface area contributed by atoms with Crippen LogP contribution in [0.4, 0.5) is 5.82 Å². The van der Waals surface area contributed by atoms with Gasteiger partial charge in [0.05, 0.1) is 20.6 Å². The molecule has 1 saturated heterocycles. The van der Waals surface area contributed by atoms with E-state index in [1.807, 2.05) is 65.6 Å². The summed E-state index contributed by atoms with van der Waals surface area (Å²) in [4.78, 5) is 16.8. The fourth-order valence-corrected chi connectivity index (χ4v) is 3.61. The molecular formula is C24H26N4O4. The van der Waals surface area contributed by atoms with Gasteiger partial charge < -0.3 is 24.0 Å². The molecule has 2 heterocycles. The van der Waals surface area contributed by atoms with Gasteiger partial charge in [0.2, 0.25) is 11.8 Å². The molecule has 1 aliphatic heterocycles. The molecule has 0 atom stereocenters. The summed E-state index contributed by atoms with van der Waals surface area (Å²) in [5, 5.41) is 8.47. The third-order valence-electron chi connectivity index (χ3n) is 5.35. The van der Waals surface area contributed by atoms with Crippen molar-refractivity contribution in [3.05, 3.63) is 66.2 Å². The first-order valence-electron chi connectivity index (χ1n) is 10.5. The molecule has 8 nitrogen and oxygen atoms in total. The lowest BCUT2D eigenvalue weighted by Crippen LogP contribution is -2.49. The van der Waals surface area contributed by atoms with Crippen LogP contribution in [0, 0.1) is 0 Å². The van der Waals surface area contributed by atoms with Gasteiger partial charge in [-0.05, 0) is 35.9 Å². The molecule has 0 bridgehead atoms. The summed E-state index contributed by atoms with van der Waals surface area (Å²) in [6, 6.07) is 18.7. The van der Waals surface area contributed by atoms with Crippen LogP contribution in [-0.2, 0) is 11.2 Å². The first-order chi connectivity index (χ1) is 15.7. The van der Waals surface area contributed by atoms with Crippen LogP contribution >= 0.6 is 0 Å². The molecule has 0 unspecified atom stereocenters. The van der Waals surface area contributed by atoms with Crippen molar-refractivity contribution >= 4 is 11.7 Å². The van der Waals surface area contributed by atoms with E-state index in [2.05, 4.69) is 15.1 Å². The van der Waals surface area contributed by atoms with Gasteiger partial charge in [-0.2, -0.15) is 0 Å². The molecule has 0 aliphatic carbocycles. The minimum atomic E-state index is 0.0922. The Morgan fingerprint density at radius 3 is 2.28 bits per heavy atom. The molecule has 0 spiro atoms. The van der Waals surface area contributed by atoms with E-state index in [4.69, 9.17) is 14.2 Å². The number of hydrogen-bond acceptors (Lipinski definition) is 7. The topological polar surface area (TPSA) is 77.0 Å². The highest BCUT2D eigenvalue weighted by atomic mass is 16.5. The van der Waals surface area contributed by atoms with E-state index in [9.17, 15) is 4.79 Å². The largest absolute Gasteiger partial charge is 0.493 e. The van der Waals surface area contributed by atoms with E-state index < -0.39 is 0 Å². The third-order valence-corrected chi connectivity index (χ3v) is 5.35. The number of rotatable bonds is 7. The Morgan fingerprint density at radius 2 is 1.62 bits per heavy atom. The van der Waals surface area contributed by atoms with E-state index in [0.717, 1.165) is 17.1 Å². The molecule has 2 aromatic carbocycles. The van der Waals surface area contributed by atoms with Crippen molar-refractivity contribution in [3.8, 4) is 23.1 Å². The molecule has 4 rings (SSSR count). The zero-order valence-corrected chi connectivity index (χ0v) is 18.2. The summed E-state index contributed by atoms with van der Waals surface area (Å²) < 4.78 is 16.3. The van der Waals surface area contributed by atoms with Crippen molar-refractivity contribution in [2.45, 2.75) is 6.42 Å². The molecule has 1 aromatic heterocycles. The number of benzene rings is 2. The van der Waals surface area contributed by atoms with Gasteiger partial charge in [0.15, 0.2) is 17.3 Å². The Hall–Kier alpha value is -3.81. The van der Waals surface area contributed by atoms with Crippen molar-refractivity contribution in [2.75, 3.05) is 45.3 Å². The molecule has 3 aromatic rings. The fraction of sp³-hybridized carbons (Fsp3) is 0.292. The van der Waals surface area contributed by atoms with E-state index in [1.165, 1.54) is 0 Å². The Kier molecular flexibility index (Phi) is 6.69. The molecule has 32 heavy (non-hydrogen) atoms. The lowest BCUT2D eigenvalue weighted by atomic mass is 10.1. The highest BCUT2D eigenvalue weighted by molar-refractivity contribution is 5.79. The van der Waals surface area contributed by atoms with Gasteiger partial charge in [-0.25, -0.2) is 0 Å². The zero-order valence-electron chi connectivity index (χ0n) is 18.2. The smallest absolute Gasteiger partial charge is 0.238 e. The zero-order chi connectivity index (χ0) is 22.3. The number of nitrogens with zero attached hydrogens (tertiary/aromatic N) is 4. The second kappa shape index (κ2) is 10.00. The number of para-hydroxylation sites is 1. The number of aromatic nitrogens is 2. The summed E-state index contributed by atoms with van der Waals surface area (Å²) in [7, 11) is 3.18. The van der Waals surface area contributed by atoms with Crippen LogP contribution in [0.3, 0.4) is 0 Å². The van der Waals surface area contributed by atoms with Crippen LogP contribution in [0.5, 0.6) is 23.1 Å². The van der Waals surface area contributed by atoms with Gasteiger partial charge in [0.25, 0.3) is 0 Å². The van der Waals surface area contributed by atoms with Crippen molar-refractivity contribution in [1.82, 2.24) is 15.1 Å². The molecule has 166 valence electrons. The maximum atomic E-state index is 12.8.